The molecule has 3 fully saturated rings. The monoisotopic (exact) mass is 254 g/mol. The van der Waals surface area contributed by atoms with E-state index in [0.717, 1.165) is 23.6 Å². The molecular formula is C14H26N2S. The van der Waals surface area contributed by atoms with Gasteiger partial charge in [-0.25, -0.2) is 0 Å². The summed E-state index contributed by atoms with van der Waals surface area (Å²) in [5, 5.41) is 0.770. The van der Waals surface area contributed by atoms with Gasteiger partial charge in [-0.05, 0) is 38.0 Å². The molecule has 17 heavy (non-hydrogen) atoms. The summed E-state index contributed by atoms with van der Waals surface area (Å²) in [6.07, 6.45) is 5.75. The maximum Gasteiger partial charge on any atom is 0.0366 e. The maximum absolute atomic E-state index is 6.25. The van der Waals surface area contributed by atoms with Gasteiger partial charge in [0.15, 0.2) is 0 Å². The van der Waals surface area contributed by atoms with E-state index in [1.54, 1.807) is 0 Å². The number of nitrogens with zero attached hydrogens (tertiary/aromatic N) is 1. The van der Waals surface area contributed by atoms with Crippen LogP contribution in [0.1, 0.15) is 39.5 Å². The Morgan fingerprint density at radius 1 is 1.35 bits per heavy atom. The van der Waals surface area contributed by atoms with E-state index in [1.807, 2.05) is 0 Å². The van der Waals surface area contributed by atoms with Gasteiger partial charge in [-0.2, -0.15) is 11.8 Å². The number of thioether (sulfide) groups is 1. The molecule has 0 aromatic heterocycles. The molecule has 1 aliphatic heterocycles. The molecule has 98 valence electrons. The van der Waals surface area contributed by atoms with Gasteiger partial charge in [-0.1, -0.05) is 13.3 Å². The standard InChI is InChI=1S/C14H26N2S/c1-10-11(2)17-6-5-16(10)14(9-15)8-12-3-4-13(14)7-12/h10-13H,3-9,15H2,1-2H3. The van der Waals surface area contributed by atoms with Gasteiger partial charge in [0, 0.05) is 35.7 Å². The average molecular weight is 254 g/mol. The fraction of sp³-hybridized carbons (Fsp3) is 1.00. The number of nitrogens with two attached hydrogens (primary N) is 1. The molecule has 1 heterocycles. The first-order valence-electron chi connectivity index (χ1n) is 7.26. The molecule has 0 amide bonds. The Labute approximate surface area is 110 Å². The Morgan fingerprint density at radius 3 is 2.76 bits per heavy atom. The van der Waals surface area contributed by atoms with Crippen LogP contribution in [0.25, 0.3) is 0 Å². The summed E-state index contributed by atoms with van der Waals surface area (Å²) in [5.74, 6) is 3.18. The van der Waals surface area contributed by atoms with Gasteiger partial charge in [0.1, 0.15) is 0 Å². The Morgan fingerprint density at radius 2 is 2.18 bits per heavy atom. The molecule has 0 aromatic rings. The molecule has 0 radical (unpaired) electrons. The summed E-state index contributed by atoms with van der Waals surface area (Å²) in [5.41, 5.74) is 6.62. The molecule has 2 nitrogen and oxygen atoms in total. The summed E-state index contributed by atoms with van der Waals surface area (Å²) < 4.78 is 0. The summed E-state index contributed by atoms with van der Waals surface area (Å²) in [6, 6.07) is 0.705. The van der Waals surface area contributed by atoms with Crippen molar-refractivity contribution < 1.29 is 0 Å². The van der Waals surface area contributed by atoms with Gasteiger partial charge in [0.25, 0.3) is 0 Å². The van der Waals surface area contributed by atoms with Crippen LogP contribution < -0.4 is 5.73 Å². The van der Waals surface area contributed by atoms with Crippen LogP contribution in [0.4, 0.5) is 0 Å². The average Bonchev–Trinajstić information content (AvgIpc) is 2.93. The Bertz CT molecular complexity index is 296. The van der Waals surface area contributed by atoms with E-state index in [-0.39, 0.29) is 0 Å². The zero-order valence-electron chi connectivity index (χ0n) is 11.2. The molecule has 3 heteroatoms. The topological polar surface area (TPSA) is 29.3 Å². The van der Waals surface area contributed by atoms with E-state index in [9.17, 15) is 0 Å². The third-order valence-electron chi connectivity index (χ3n) is 5.75. The first-order chi connectivity index (χ1) is 8.17. The minimum Gasteiger partial charge on any atom is -0.329 e. The minimum atomic E-state index is 0.373. The largest absolute Gasteiger partial charge is 0.329 e. The predicted octanol–water partition coefficient (Wildman–Crippen LogP) is 2.33. The first kappa shape index (κ1) is 12.3. The Hall–Kier alpha value is 0.270. The van der Waals surface area contributed by atoms with Crippen LogP contribution in [0.15, 0.2) is 0 Å². The van der Waals surface area contributed by atoms with Crippen molar-refractivity contribution >= 4 is 11.8 Å². The number of fused-ring (bicyclic) bond motifs is 2. The van der Waals surface area contributed by atoms with Crippen molar-refractivity contribution in [2.24, 2.45) is 17.6 Å². The van der Waals surface area contributed by atoms with E-state index in [2.05, 4.69) is 30.5 Å². The maximum atomic E-state index is 6.25. The molecule has 2 aliphatic carbocycles. The summed E-state index contributed by atoms with van der Waals surface area (Å²) in [7, 11) is 0. The molecule has 5 unspecified atom stereocenters. The molecule has 3 aliphatic rings. The highest BCUT2D eigenvalue weighted by molar-refractivity contribution is 8.00. The third kappa shape index (κ3) is 1.77. The Balaban J connectivity index is 1.85. The number of rotatable bonds is 2. The van der Waals surface area contributed by atoms with Crippen LogP contribution in [0.2, 0.25) is 0 Å². The van der Waals surface area contributed by atoms with Gasteiger partial charge in [-0.15, -0.1) is 0 Å². The van der Waals surface area contributed by atoms with Gasteiger partial charge >= 0.3 is 0 Å². The lowest BCUT2D eigenvalue weighted by atomic mass is 9.78. The van der Waals surface area contributed by atoms with Gasteiger partial charge < -0.3 is 5.73 Å². The van der Waals surface area contributed by atoms with Crippen LogP contribution >= 0.6 is 11.8 Å². The first-order valence-corrected chi connectivity index (χ1v) is 8.30. The third-order valence-corrected chi connectivity index (χ3v) is 7.09. The van der Waals surface area contributed by atoms with E-state index < -0.39 is 0 Å². The van der Waals surface area contributed by atoms with Crippen LogP contribution in [0, 0.1) is 11.8 Å². The Kier molecular flexibility index (Phi) is 3.21. The van der Waals surface area contributed by atoms with Crippen molar-refractivity contribution in [2.45, 2.75) is 56.4 Å². The van der Waals surface area contributed by atoms with Crippen molar-refractivity contribution in [3.05, 3.63) is 0 Å². The van der Waals surface area contributed by atoms with Gasteiger partial charge in [-0.3, -0.25) is 4.90 Å². The molecule has 2 bridgehead atoms. The van der Waals surface area contributed by atoms with Crippen LogP contribution in [0.3, 0.4) is 0 Å². The summed E-state index contributed by atoms with van der Waals surface area (Å²) in [6.45, 7) is 6.95. The minimum absolute atomic E-state index is 0.373. The molecule has 2 saturated carbocycles. The van der Waals surface area contributed by atoms with Crippen LogP contribution in [0.5, 0.6) is 0 Å². The lowest BCUT2D eigenvalue weighted by molar-refractivity contribution is 0.0131. The molecule has 3 rings (SSSR count). The van der Waals surface area contributed by atoms with Crippen molar-refractivity contribution in [1.29, 1.82) is 0 Å². The molecule has 0 aromatic carbocycles. The van der Waals surface area contributed by atoms with Crippen molar-refractivity contribution in [2.75, 3.05) is 18.8 Å². The smallest absolute Gasteiger partial charge is 0.0366 e. The van der Waals surface area contributed by atoms with E-state index in [4.69, 9.17) is 5.73 Å². The normalized spacial score (nSPS) is 51.0. The van der Waals surface area contributed by atoms with E-state index in [1.165, 1.54) is 38.0 Å². The van der Waals surface area contributed by atoms with Crippen molar-refractivity contribution in [3.8, 4) is 0 Å². The molecule has 2 N–H and O–H groups in total. The van der Waals surface area contributed by atoms with E-state index in [0.29, 0.717) is 11.6 Å². The lowest BCUT2D eigenvalue weighted by Crippen LogP contribution is -2.63. The van der Waals surface area contributed by atoms with Crippen LogP contribution in [-0.2, 0) is 0 Å². The fourth-order valence-corrected chi connectivity index (χ4v) is 5.79. The van der Waals surface area contributed by atoms with Crippen molar-refractivity contribution in [1.82, 2.24) is 4.90 Å². The highest BCUT2D eigenvalue weighted by Crippen LogP contribution is 2.54. The summed E-state index contributed by atoms with van der Waals surface area (Å²) in [4.78, 5) is 2.80. The second-order valence-corrected chi connectivity index (χ2v) is 7.88. The summed E-state index contributed by atoms with van der Waals surface area (Å²) >= 11 is 2.14. The second kappa shape index (κ2) is 4.43. The van der Waals surface area contributed by atoms with Gasteiger partial charge in [0.05, 0.1) is 0 Å². The van der Waals surface area contributed by atoms with E-state index >= 15 is 0 Å². The predicted molar refractivity (Wildman–Crippen MR) is 75.3 cm³/mol. The van der Waals surface area contributed by atoms with Gasteiger partial charge in [0.2, 0.25) is 0 Å². The van der Waals surface area contributed by atoms with Crippen molar-refractivity contribution in [3.63, 3.8) is 0 Å². The molecular weight excluding hydrogens is 228 g/mol. The highest BCUT2D eigenvalue weighted by atomic mass is 32.2. The quantitative estimate of drug-likeness (QED) is 0.820. The van der Waals surface area contributed by atoms with Crippen LogP contribution in [-0.4, -0.2) is 40.6 Å². The molecule has 1 saturated heterocycles. The highest BCUT2D eigenvalue weighted by Gasteiger charge is 2.54. The number of hydrogen-bond acceptors (Lipinski definition) is 3. The molecule has 5 atom stereocenters. The second-order valence-electron chi connectivity index (χ2n) is 6.40. The fourth-order valence-electron chi connectivity index (χ4n) is 4.70. The zero-order chi connectivity index (χ0) is 12.0. The molecule has 0 spiro atoms. The lowest BCUT2D eigenvalue weighted by Gasteiger charge is -2.52. The number of hydrogen-bond donors (Lipinski definition) is 1. The SMILES string of the molecule is CC1SCCN(C2(CN)CC3CCC2C3)C1C. The zero-order valence-corrected chi connectivity index (χ0v) is 12.0.